The second-order valence-corrected chi connectivity index (χ2v) is 13.0. The van der Waals surface area contributed by atoms with Gasteiger partial charge in [-0.3, -0.25) is 0 Å². The summed E-state index contributed by atoms with van der Waals surface area (Å²) in [6, 6.07) is 21.6. The van der Waals surface area contributed by atoms with Gasteiger partial charge in [-0.2, -0.15) is 0 Å². The maximum absolute atomic E-state index is 6.97. The van der Waals surface area contributed by atoms with Crippen LogP contribution in [-0.4, -0.2) is 27.1 Å². The van der Waals surface area contributed by atoms with Crippen molar-refractivity contribution >= 4 is 18.7 Å². The van der Waals surface area contributed by atoms with E-state index in [-0.39, 0.29) is 17.2 Å². The Morgan fingerprint density at radius 2 is 1.56 bits per heavy atom. The highest BCUT2D eigenvalue weighted by Crippen LogP contribution is 2.37. The lowest BCUT2D eigenvalue weighted by Gasteiger charge is -2.43. The highest BCUT2D eigenvalue weighted by atomic mass is 28.4. The molecule has 27 heavy (non-hydrogen) atoms. The molecule has 0 radical (unpaired) electrons. The molecule has 0 N–H and O–H groups in total. The number of benzene rings is 2. The summed E-state index contributed by atoms with van der Waals surface area (Å²) in [6.45, 7) is 13.7. The van der Waals surface area contributed by atoms with Crippen LogP contribution in [0.5, 0.6) is 0 Å². The number of rotatable bonds is 6. The van der Waals surface area contributed by atoms with E-state index in [0.29, 0.717) is 12.5 Å². The molecule has 1 aliphatic heterocycles. The van der Waals surface area contributed by atoms with E-state index in [1.807, 2.05) is 6.08 Å². The van der Waals surface area contributed by atoms with Gasteiger partial charge in [-0.1, -0.05) is 94.4 Å². The van der Waals surface area contributed by atoms with Crippen molar-refractivity contribution in [2.45, 2.75) is 51.4 Å². The first-order valence-corrected chi connectivity index (χ1v) is 11.8. The zero-order chi connectivity index (χ0) is 19.5. The van der Waals surface area contributed by atoms with Crippen molar-refractivity contribution in [3.05, 3.63) is 73.3 Å². The lowest BCUT2D eigenvalue weighted by molar-refractivity contribution is 0.0317. The third-order valence-corrected chi connectivity index (χ3v) is 10.7. The topological polar surface area (TPSA) is 18.5 Å². The highest BCUT2D eigenvalue weighted by molar-refractivity contribution is 6.99. The molecule has 0 bridgehead atoms. The van der Waals surface area contributed by atoms with Crippen molar-refractivity contribution in [3.8, 4) is 0 Å². The van der Waals surface area contributed by atoms with Crippen LogP contribution in [0.4, 0.5) is 0 Å². The Balaban J connectivity index is 1.98. The van der Waals surface area contributed by atoms with E-state index in [0.717, 1.165) is 6.42 Å². The average molecular weight is 381 g/mol. The van der Waals surface area contributed by atoms with E-state index in [1.165, 1.54) is 10.4 Å². The zero-order valence-corrected chi connectivity index (χ0v) is 18.0. The molecule has 0 saturated carbocycles. The van der Waals surface area contributed by atoms with Gasteiger partial charge in [0.2, 0.25) is 0 Å². The molecular weight excluding hydrogens is 348 g/mol. The van der Waals surface area contributed by atoms with Crippen molar-refractivity contribution in [3.63, 3.8) is 0 Å². The molecule has 0 spiro atoms. The molecule has 3 heteroatoms. The Morgan fingerprint density at radius 3 is 1.96 bits per heavy atom. The van der Waals surface area contributed by atoms with Gasteiger partial charge in [0.15, 0.2) is 0 Å². The van der Waals surface area contributed by atoms with Crippen LogP contribution >= 0.6 is 0 Å². The Kier molecular flexibility index (Phi) is 6.04. The van der Waals surface area contributed by atoms with Gasteiger partial charge in [-0.05, 0) is 27.8 Å². The van der Waals surface area contributed by atoms with Crippen molar-refractivity contribution in [1.29, 1.82) is 0 Å². The van der Waals surface area contributed by atoms with E-state index < -0.39 is 8.32 Å². The predicted molar refractivity (Wildman–Crippen MR) is 116 cm³/mol. The minimum atomic E-state index is -2.48. The van der Waals surface area contributed by atoms with Crippen LogP contribution in [0.1, 0.15) is 34.1 Å². The van der Waals surface area contributed by atoms with E-state index >= 15 is 0 Å². The molecule has 1 heterocycles. The third-order valence-electron chi connectivity index (χ3n) is 5.68. The Bertz CT molecular complexity index is 696. The van der Waals surface area contributed by atoms with Gasteiger partial charge >= 0.3 is 0 Å². The quantitative estimate of drug-likeness (QED) is 0.541. The molecule has 2 aromatic carbocycles. The SMILES string of the molecule is C=C[C@@H]1O[C@@H](CO[Si](c2ccccc2)(c2ccccc2)C(C)(C)C)C[C@@H]1C. The van der Waals surface area contributed by atoms with Crippen molar-refractivity contribution in [2.24, 2.45) is 5.92 Å². The highest BCUT2D eigenvalue weighted by Gasteiger charge is 2.50. The fourth-order valence-electron chi connectivity index (χ4n) is 4.34. The monoisotopic (exact) mass is 380 g/mol. The van der Waals surface area contributed by atoms with Gasteiger partial charge in [-0.15, -0.1) is 6.58 Å². The van der Waals surface area contributed by atoms with E-state index in [2.05, 4.69) is 94.9 Å². The minimum absolute atomic E-state index is 0.00222. The van der Waals surface area contributed by atoms with Crippen LogP contribution in [0, 0.1) is 5.92 Å². The summed E-state index contributed by atoms with van der Waals surface area (Å²) in [6.07, 6.45) is 3.21. The first-order chi connectivity index (χ1) is 12.9. The molecule has 3 atom stereocenters. The number of hydrogen-bond acceptors (Lipinski definition) is 2. The van der Waals surface area contributed by atoms with Crippen LogP contribution in [0.15, 0.2) is 73.3 Å². The standard InChI is InChI=1S/C24H32O2Si/c1-6-23-19(2)17-20(26-23)18-25-27(24(3,4)5,21-13-9-7-10-14-21)22-15-11-8-12-16-22/h6-16,19-20,23H,1,17-18H2,2-5H3/t19-,20+,23-/m0/s1. The summed E-state index contributed by atoms with van der Waals surface area (Å²) < 4.78 is 13.2. The summed E-state index contributed by atoms with van der Waals surface area (Å²) in [4.78, 5) is 0. The van der Waals surface area contributed by atoms with E-state index in [1.54, 1.807) is 0 Å². The van der Waals surface area contributed by atoms with Crippen LogP contribution in [0.2, 0.25) is 5.04 Å². The molecule has 1 saturated heterocycles. The van der Waals surface area contributed by atoms with Gasteiger partial charge in [0, 0.05) is 0 Å². The van der Waals surface area contributed by atoms with Crippen molar-refractivity contribution < 1.29 is 9.16 Å². The molecule has 0 aliphatic carbocycles. The first kappa shape index (κ1) is 20.1. The van der Waals surface area contributed by atoms with Crippen molar-refractivity contribution in [1.82, 2.24) is 0 Å². The van der Waals surface area contributed by atoms with Gasteiger partial charge in [0.05, 0.1) is 18.8 Å². The molecule has 0 unspecified atom stereocenters. The first-order valence-electron chi connectivity index (χ1n) is 9.91. The molecule has 3 rings (SSSR count). The number of hydrogen-bond donors (Lipinski definition) is 0. The second-order valence-electron chi connectivity index (χ2n) is 8.65. The lowest BCUT2D eigenvalue weighted by Crippen LogP contribution is -2.67. The number of ether oxygens (including phenoxy) is 1. The fourth-order valence-corrected chi connectivity index (χ4v) is 8.93. The molecule has 1 aliphatic rings. The van der Waals surface area contributed by atoms with Crippen LogP contribution in [-0.2, 0) is 9.16 Å². The molecule has 0 amide bonds. The molecule has 2 aromatic rings. The molecule has 144 valence electrons. The second kappa shape index (κ2) is 8.13. The average Bonchev–Trinajstić information content (AvgIpc) is 3.03. The van der Waals surface area contributed by atoms with Gasteiger partial charge < -0.3 is 9.16 Å². The summed E-state index contributed by atoms with van der Waals surface area (Å²) in [5.74, 6) is 0.496. The summed E-state index contributed by atoms with van der Waals surface area (Å²) in [7, 11) is -2.48. The Hall–Kier alpha value is -1.68. The lowest BCUT2D eigenvalue weighted by atomic mass is 10.0. The van der Waals surface area contributed by atoms with Crippen LogP contribution in [0.25, 0.3) is 0 Å². The normalized spacial score (nSPS) is 23.3. The van der Waals surface area contributed by atoms with E-state index in [4.69, 9.17) is 9.16 Å². The minimum Gasteiger partial charge on any atom is -0.405 e. The predicted octanol–water partition coefficient (Wildman–Crippen LogP) is 4.54. The van der Waals surface area contributed by atoms with Gasteiger partial charge in [-0.25, -0.2) is 0 Å². The molecule has 0 aromatic heterocycles. The Labute approximate surface area is 165 Å². The van der Waals surface area contributed by atoms with Gasteiger partial charge in [0.1, 0.15) is 0 Å². The smallest absolute Gasteiger partial charge is 0.261 e. The zero-order valence-electron chi connectivity index (χ0n) is 17.0. The van der Waals surface area contributed by atoms with Crippen LogP contribution in [0.3, 0.4) is 0 Å². The Morgan fingerprint density at radius 1 is 1.04 bits per heavy atom. The van der Waals surface area contributed by atoms with E-state index in [9.17, 15) is 0 Å². The fraction of sp³-hybridized carbons (Fsp3) is 0.417. The summed E-state index contributed by atoms with van der Waals surface area (Å²) in [5, 5.41) is 2.63. The maximum atomic E-state index is 6.97. The summed E-state index contributed by atoms with van der Waals surface area (Å²) in [5.41, 5.74) is 0. The van der Waals surface area contributed by atoms with Gasteiger partial charge in [0.25, 0.3) is 8.32 Å². The van der Waals surface area contributed by atoms with Crippen molar-refractivity contribution in [2.75, 3.05) is 6.61 Å². The molecule has 1 fully saturated rings. The summed E-state index contributed by atoms with van der Waals surface area (Å²) >= 11 is 0. The van der Waals surface area contributed by atoms with Crippen LogP contribution < -0.4 is 10.4 Å². The molecule has 2 nitrogen and oxygen atoms in total. The maximum Gasteiger partial charge on any atom is 0.261 e. The largest absolute Gasteiger partial charge is 0.405 e. The third kappa shape index (κ3) is 3.96. The molecular formula is C24H32O2Si.